The Morgan fingerprint density at radius 2 is 2.47 bits per heavy atom. The lowest BCUT2D eigenvalue weighted by molar-refractivity contribution is -0.136. The van der Waals surface area contributed by atoms with Gasteiger partial charge in [0.25, 0.3) is 0 Å². The third-order valence-electron chi connectivity index (χ3n) is 1.48. The van der Waals surface area contributed by atoms with Crippen molar-refractivity contribution in [1.29, 1.82) is 0 Å². The molecular formula is C10H10N2O3. The monoisotopic (exact) mass is 206 g/mol. The summed E-state index contributed by atoms with van der Waals surface area (Å²) in [6.45, 7) is 1.97. The van der Waals surface area contributed by atoms with Gasteiger partial charge in [0.15, 0.2) is 11.6 Å². The first-order valence-corrected chi connectivity index (χ1v) is 4.26. The molecule has 0 aliphatic heterocycles. The number of carbonyl (C=O) groups excluding carboxylic acids is 1. The van der Waals surface area contributed by atoms with Gasteiger partial charge in [0.1, 0.15) is 0 Å². The third-order valence-corrected chi connectivity index (χ3v) is 1.48. The van der Waals surface area contributed by atoms with Gasteiger partial charge in [-0.15, -0.1) is 0 Å². The van der Waals surface area contributed by atoms with Gasteiger partial charge in [0.05, 0.1) is 6.61 Å². The Morgan fingerprint density at radius 1 is 1.73 bits per heavy atom. The van der Waals surface area contributed by atoms with Crippen LogP contribution in [0.1, 0.15) is 12.5 Å². The second kappa shape index (κ2) is 4.86. The maximum atomic E-state index is 10.9. The minimum Gasteiger partial charge on any atom is -0.504 e. The lowest BCUT2D eigenvalue weighted by Crippen LogP contribution is -1.99. The second-order valence-electron chi connectivity index (χ2n) is 2.60. The number of pyridine rings is 1. The molecule has 0 saturated carbocycles. The summed E-state index contributed by atoms with van der Waals surface area (Å²) in [6.07, 6.45) is 1.36. The van der Waals surface area contributed by atoms with Gasteiger partial charge < -0.3 is 15.6 Å². The van der Waals surface area contributed by atoms with Crippen LogP contribution in [0.5, 0.6) is 5.75 Å². The van der Waals surface area contributed by atoms with Crippen molar-refractivity contribution < 1.29 is 14.6 Å². The van der Waals surface area contributed by atoms with Crippen LogP contribution in [-0.2, 0) is 9.53 Å². The van der Waals surface area contributed by atoms with Crippen molar-refractivity contribution in [3.05, 3.63) is 17.8 Å². The van der Waals surface area contributed by atoms with Crippen LogP contribution < -0.4 is 5.73 Å². The maximum Gasteiger partial charge on any atom is 0.384 e. The molecule has 0 saturated heterocycles. The molecule has 3 N–H and O–H groups in total. The normalized spacial score (nSPS) is 8.87. The largest absolute Gasteiger partial charge is 0.504 e. The van der Waals surface area contributed by atoms with Gasteiger partial charge in [-0.05, 0) is 6.92 Å². The van der Waals surface area contributed by atoms with Gasteiger partial charge in [-0.1, -0.05) is 5.92 Å². The third kappa shape index (κ3) is 3.19. The molecule has 5 nitrogen and oxygen atoms in total. The van der Waals surface area contributed by atoms with E-state index in [0.29, 0.717) is 5.56 Å². The average molecular weight is 206 g/mol. The van der Waals surface area contributed by atoms with Crippen molar-refractivity contribution in [3.8, 4) is 17.6 Å². The van der Waals surface area contributed by atoms with E-state index in [1.165, 1.54) is 12.3 Å². The van der Waals surface area contributed by atoms with Crippen LogP contribution in [0, 0.1) is 11.8 Å². The highest BCUT2D eigenvalue weighted by Gasteiger charge is 1.98. The molecule has 0 amide bonds. The van der Waals surface area contributed by atoms with Crippen molar-refractivity contribution in [2.45, 2.75) is 6.92 Å². The number of hydrogen-bond donors (Lipinski definition) is 2. The minimum absolute atomic E-state index is 0.0247. The molecule has 15 heavy (non-hydrogen) atoms. The number of anilines is 1. The highest BCUT2D eigenvalue weighted by Crippen LogP contribution is 2.16. The van der Waals surface area contributed by atoms with Crippen LogP contribution in [0.25, 0.3) is 0 Å². The second-order valence-corrected chi connectivity index (χ2v) is 2.60. The van der Waals surface area contributed by atoms with E-state index in [2.05, 4.69) is 21.6 Å². The fourth-order valence-corrected chi connectivity index (χ4v) is 0.822. The fraction of sp³-hybridized carbons (Fsp3) is 0.200. The topological polar surface area (TPSA) is 85.4 Å². The zero-order chi connectivity index (χ0) is 11.3. The van der Waals surface area contributed by atoms with Crippen LogP contribution in [-0.4, -0.2) is 22.7 Å². The molecule has 0 unspecified atom stereocenters. The molecule has 78 valence electrons. The Labute approximate surface area is 86.9 Å². The summed E-state index contributed by atoms with van der Waals surface area (Å²) < 4.78 is 4.60. The highest BCUT2D eigenvalue weighted by molar-refractivity contribution is 5.89. The van der Waals surface area contributed by atoms with Crippen molar-refractivity contribution in [3.63, 3.8) is 0 Å². The standard InChI is InChI=1S/C10H10N2O3/c1-2-15-9(14)4-3-7-5-8(13)10(11)12-6-7/h5-6,13H,2H2,1H3,(H2,11,12). The number of carbonyl (C=O) groups is 1. The van der Waals surface area contributed by atoms with Gasteiger partial charge in [-0.25, -0.2) is 9.78 Å². The van der Waals surface area contributed by atoms with E-state index >= 15 is 0 Å². The molecule has 0 aliphatic carbocycles. The Hall–Kier alpha value is -2.22. The summed E-state index contributed by atoms with van der Waals surface area (Å²) in [5.41, 5.74) is 5.69. The van der Waals surface area contributed by atoms with Gasteiger partial charge in [-0.2, -0.15) is 0 Å². The molecule has 0 spiro atoms. The summed E-state index contributed by atoms with van der Waals surface area (Å²) >= 11 is 0. The predicted molar refractivity (Wildman–Crippen MR) is 53.8 cm³/mol. The number of nitrogens with two attached hydrogens (primary N) is 1. The molecule has 1 aromatic heterocycles. The number of ether oxygens (including phenoxy) is 1. The predicted octanol–water partition coefficient (Wildman–Crippen LogP) is 0.284. The van der Waals surface area contributed by atoms with Gasteiger partial charge in [0.2, 0.25) is 0 Å². The van der Waals surface area contributed by atoms with Crippen molar-refractivity contribution >= 4 is 11.8 Å². The molecule has 0 fully saturated rings. The molecule has 0 bridgehead atoms. The zero-order valence-corrected chi connectivity index (χ0v) is 8.15. The number of hydrogen-bond acceptors (Lipinski definition) is 5. The highest BCUT2D eigenvalue weighted by atomic mass is 16.5. The zero-order valence-electron chi connectivity index (χ0n) is 8.15. The molecule has 0 atom stereocenters. The number of rotatable bonds is 1. The van der Waals surface area contributed by atoms with Gasteiger partial charge in [-0.3, -0.25) is 0 Å². The number of aromatic nitrogens is 1. The lowest BCUT2D eigenvalue weighted by Gasteiger charge is -1.96. The maximum absolute atomic E-state index is 10.9. The number of aromatic hydroxyl groups is 1. The Bertz CT molecular complexity index is 432. The average Bonchev–Trinajstić information content (AvgIpc) is 2.20. The van der Waals surface area contributed by atoms with E-state index < -0.39 is 5.97 Å². The van der Waals surface area contributed by atoms with E-state index in [-0.39, 0.29) is 18.2 Å². The molecule has 0 radical (unpaired) electrons. The molecule has 5 heteroatoms. The Kier molecular flexibility index (Phi) is 3.52. The van der Waals surface area contributed by atoms with E-state index in [0.717, 1.165) is 0 Å². The summed E-state index contributed by atoms with van der Waals surface area (Å²) in [6, 6.07) is 1.33. The van der Waals surface area contributed by atoms with Crippen molar-refractivity contribution in [2.24, 2.45) is 0 Å². The number of nitrogen functional groups attached to an aromatic ring is 1. The van der Waals surface area contributed by atoms with E-state index in [1.54, 1.807) is 6.92 Å². The van der Waals surface area contributed by atoms with E-state index in [9.17, 15) is 9.90 Å². The first kappa shape index (κ1) is 10.9. The van der Waals surface area contributed by atoms with Gasteiger partial charge in [0, 0.05) is 23.7 Å². The first-order chi connectivity index (χ1) is 7.13. The lowest BCUT2D eigenvalue weighted by atomic mass is 10.2. The minimum atomic E-state index is -0.617. The van der Waals surface area contributed by atoms with E-state index in [1.807, 2.05) is 0 Å². The van der Waals surface area contributed by atoms with Crippen LogP contribution in [0.15, 0.2) is 12.3 Å². The summed E-state index contributed by atoms with van der Waals surface area (Å²) in [4.78, 5) is 14.5. The molecule has 1 rings (SSSR count). The van der Waals surface area contributed by atoms with E-state index in [4.69, 9.17) is 5.73 Å². The quantitative estimate of drug-likeness (QED) is 0.509. The molecular weight excluding hydrogens is 196 g/mol. The van der Waals surface area contributed by atoms with Crippen LogP contribution in [0.3, 0.4) is 0 Å². The first-order valence-electron chi connectivity index (χ1n) is 4.26. The molecule has 1 heterocycles. The Balaban J connectivity index is 2.80. The smallest absolute Gasteiger partial charge is 0.384 e. The number of nitrogens with zero attached hydrogens (tertiary/aromatic N) is 1. The molecule has 1 aromatic rings. The fourth-order valence-electron chi connectivity index (χ4n) is 0.822. The van der Waals surface area contributed by atoms with Crippen LogP contribution >= 0.6 is 0 Å². The SMILES string of the molecule is CCOC(=O)C#Cc1cnc(N)c(O)c1. The van der Waals surface area contributed by atoms with Crippen LogP contribution in [0.2, 0.25) is 0 Å². The van der Waals surface area contributed by atoms with Crippen LogP contribution in [0.4, 0.5) is 5.82 Å². The van der Waals surface area contributed by atoms with Crippen molar-refractivity contribution in [1.82, 2.24) is 4.98 Å². The summed E-state index contributed by atoms with van der Waals surface area (Å²) in [5, 5.41) is 9.20. The number of esters is 1. The molecule has 0 aromatic carbocycles. The summed E-state index contributed by atoms with van der Waals surface area (Å²) in [5.74, 6) is 3.98. The Morgan fingerprint density at radius 3 is 3.07 bits per heavy atom. The summed E-state index contributed by atoms with van der Waals surface area (Å²) in [7, 11) is 0. The van der Waals surface area contributed by atoms with Crippen molar-refractivity contribution in [2.75, 3.05) is 12.3 Å². The molecule has 0 aliphatic rings. The van der Waals surface area contributed by atoms with Gasteiger partial charge >= 0.3 is 5.97 Å².